The summed E-state index contributed by atoms with van der Waals surface area (Å²) in [5, 5.41) is 14.9. The number of amides is 2. The first kappa shape index (κ1) is 17.8. The molecule has 2 amide bonds. The molecule has 0 radical (unpaired) electrons. The van der Waals surface area contributed by atoms with Crippen molar-refractivity contribution >= 4 is 12.0 Å². The van der Waals surface area contributed by atoms with E-state index in [9.17, 15) is 9.59 Å². The molecule has 0 saturated heterocycles. The Labute approximate surface area is 127 Å². The highest BCUT2D eigenvalue weighted by Gasteiger charge is 2.28. The molecule has 3 N–H and O–H groups in total. The van der Waals surface area contributed by atoms with Gasteiger partial charge in [-0.15, -0.1) is 0 Å². The molecule has 0 spiro atoms. The van der Waals surface area contributed by atoms with E-state index < -0.39 is 5.97 Å². The zero-order valence-corrected chi connectivity index (χ0v) is 13.6. The fourth-order valence-corrected chi connectivity index (χ4v) is 2.92. The highest BCUT2D eigenvalue weighted by Crippen LogP contribution is 2.27. The van der Waals surface area contributed by atoms with Crippen LogP contribution in [0.5, 0.6) is 0 Å². The van der Waals surface area contributed by atoms with Gasteiger partial charge in [0, 0.05) is 11.6 Å². The van der Waals surface area contributed by atoms with Gasteiger partial charge in [-0.3, -0.25) is 4.79 Å². The maximum absolute atomic E-state index is 12.0. The van der Waals surface area contributed by atoms with E-state index >= 15 is 0 Å². The Morgan fingerprint density at radius 3 is 2.33 bits per heavy atom. The van der Waals surface area contributed by atoms with Crippen LogP contribution < -0.4 is 10.6 Å². The molecule has 1 fully saturated rings. The number of carboxylic acids is 1. The van der Waals surface area contributed by atoms with Gasteiger partial charge in [0.2, 0.25) is 0 Å². The summed E-state index contributed by atoms with van der Waals surface area (Å²) in [7, 11) is 0. The highest BCUT2D eigenvalue weighted by molar-refractivity contribution is 5.75. The zero-order valence-electron chi connectivity index (χ0n) is 13.6. The summed E-state index contributed by atoms with van der Waals surface area (Å²) < 4.78 is 0. The summed E-state index contributed by atoms with van der Waals surface area (Å²) in [4.78, 5) is 22.7. The van der Waals surface area contributed by atoms with Crippen LogP contribution in [-0.2, 0) is 4.79 Å². The Balaban J connectivity index is 2.22. The molecule has 2 atom stereocenters. The topological polar surface area (TPSA) is 78.4 Å². The molecule has 0 aliphatic heterocycles. The number of carboxylic acid groups (broad SMARTS) is 1. The molecule has 0 bridgehead atoms. The van der Waals surface area contributed by atoms with Crippen LogP contribution in [0.4, 0.5) is 4.79 Å². The predicted octanol–water partition coefficient (Wildman–Crippen LogP) is 3.29. The third-order valence-electron chi connectivity index (χ3n) is 4.45. The molecule has 1 aliphatic rings. The summed E-state index contributed by atoms with van der Waals surface area (Å²) in [6, 6.07) is -0.0311. The van der Waals surface area contributed by atoms with Crippen molar-refractivity contribution in [1.29, 1.82) is 0 Å². The van der Waals surface area contributed by atoms with Gasteiger partial charge in [-0.1, -0.05) is 32.6 Å². The Morgan fingerprint density at radius 1 is 1.14 bits per heavy atom. The Kier molecular flexibility index (Phi) is 6.99. The molecule has 1 rings (SSSR count). The average molecular weight is 298 g/mol. The van der Waals surface area contributed by atoms with Crippen molar-refractivity contribution in [2.24, 2.45) is 5.92 Å². The molecule has 21 heavy (non-hydrogen) atoms. The van der Waals surface area contributed by atoms with Gasteiger partial charge in [0.15, 0.2) is 0 Å². The lowest BCUT2D eigenvalue weighted by Crippen LogP contribution is -2.52. The van der Waals surface area contributed by atoms with Crippen LogP contribution in [0.25, 0.3) is 0 Å². The lowest BCUT2D eigenvalue weighted by Gasteiger charge is -2.35. The van der Waals surface area contributed by atoms with Crippen molar-refractivity contribution in [2.45, 2.75) is 83.7 Å². The molecule has 122 valence electrons. The van der Waals surface area contributed by atoms with Crippen molar-refractivity contribution in [3.05, 3.63) is 0 Å². The Bertz CT molecular complexity index is 351. The number of nitrogens with one attached hydrogen (secondary N) is 2. The lowest BCUT2D eigenvalue weighted by molar-refractivity contribution is -0.141. The standard InChI is InChI=1S/C16H30N2O3/c1-12(14(19)20)8-7-9-13(2)17-15(21)18-16(3)10-5-4-6-11-16/h12-13H,4-11H2,1-3H3,(H,19,20)(H2,17,18,21). The van der Waals surface area contributed by atoms with Gasteiger partial charge in [0.25, 0.3) is 0 Å². The van der Waals surface area contributed by atoms with Crippen molar-refractivity contribution in [3.8, 4) is 0 Å². The number of urea groups is 1. The molecular weight excluding hydrogens is 268 g/mol. The fraction of sp³-hybridized carbons (Fsp3) is 0.875. The van der Waals surface area contributed by atoms with Gasteiger partial charge in [0.1, 0.15) is 0 Å². The second-order valence-electron chi connectivity index (χ2n) is 6.79. The van der Waals surface area contributed by atoms with Crippen molar-refractivity contribution in [2.75, 3.05) is 0 Å². The monoisotopic (exact) mass is 298 g/mol. The van der Waals surface area contributed by atoms with Crippen LogP contribution in [0.2, 0.25) is 0 Å². The summed E-state index contributed by atoms with van der Waals surface area (Å²) in [5.41, 5.74) is -0.0696. The maximum atomic E-state index is 12.0. The van der Waals surface area contributed by atoms with Gasteiger partial charge in [-0.2, -0.15) is 0 Å². The van der Waals surface area contributed by atoms with E-state index in [-0.39, 0.29) is 23.5 Å². The second kappa shape index (κ2) is 8.25. The summed E-state index contributed by atoms with van der Waals surface area (Å²) in [6.07, 6.45) is 7.99. The molecule has 1 saturated carbocycles. The molecule has 0 heterocycles. The van der Waals surface area contributed by atoms with Gasteiger partial charge in [-0.05, 0) is 39.5 Å². The number of hydrogen-bond donors (Lipinski definition) is 3. The van der Waals surface area contributed by atoms with Crippen LogP contribution in [0.1, 0.15) is 72.1 Å². The summed E-state index contributed by atoms with van der Waals surface area (Å²) >= 11 is 0. The molecule has 0 aromatic heterocycles. The van der Waals surface area contributed by atoms with Crippen LogP contribution >= 0.6 is 0 Å². The second-order valence-corrected chi connectivity index (χ2v) is 6.79. The Morgan fingerprint density at radius 2 is 1.76 bits per heavy atom. The third kappa shape index (κ3) is 6.82. The van der Waals surface area contributed by atoms with Crippen LogP contribution in [0.15, 0.2) is 0 Å². The zero-order chi connectivity index (χ0) is 15.9. The largest absolute Gasteiger partial charge is 0.481 e. The smallest absolute Gasteiger partial charge is 0.315 e. The van der Waals surface area contributed by atoms with Crippen LogP contribution in [-0.4, -0.2) is 28.7 Å². The van der Waals surface area contributed by atoms with E-state index in [1.54, 1.807) is 6.92 Å². The van der Waals surface area contributed by atoms with E-state index in [2.05, 4.69) is 17.6 Å². The van der Waals surface area contributed by atoms with Gasteiger partial charge in [-0.25, -0.2) is 4.79 Å². The first-order valence-electron chi connectivity index (χ1n) is 8.14. The van der Waals surface area contributed by atoms with E-state index in [0.717, 1.165) is 25.7 Å². The number of rotatable bonds is 7. The van der Waals surface area contributed by atoms with Crippen LogP contribution in [0.3, 0.4) is 0 Å². The summed E-state index contributed by atoms with van der Waals surface area (Å²) in [5.74, 6) is -1.06. The fourth-order valence-electron chi connectivity index (χ4n) is 2.92. The van der Waals surface area contributed by atoms with Gasteiger partial charge < -0.3 is 15.7 Å². The lowest BCUT2D eigenvalue weighted by atomic mass is 9.83. The Hall–Kier alpha value is -1.26. The van der Waals surface area contributed by atoms with Crippen molar-refractivity contribution in [1.82, 2.24) is 10.6 Å². The van der Waals surface area contributed by atoms with E-state index in [1.807, 2.05) is 6.92 Å². The molecule has 5 heteroatoms. The SMILES string of the molecule is CC(CCCC(C)C(=O)O)NC(=O)NC1(C)CCCCC1. The first-order chi connectivity index (χ1) is 9.82. The number of carbonyl (C=O) groups is 2. The normalized spacial score (nSPS) is 20.3. The molecule has 0 aromatic carbocycles. The molecule has 0 aromatic rings. The molecule has 5 nitrogen and oxygen atoms in total. The van der Waals surface area contributed by atoms with E-state index in [0.29, 0.717) is 6.42 Å². The van der Waals surface area contributed by atoms with E-state index in [1.165, 1.54) is 19.3 Å². The minimum atomic E-state index is -0.751. The number of hydrogen-bond acceptors (Lipinski definition) is 2. The predicted molar refractivity (Wildman–Crippen MR) is 83.3 cm³/mol. The van der Waals surface area contributed by atoms with Crippen LogP contribution in [0, 0.1) is 5.92 Å². The third-order valence-corrected chi connectivity index (χ3v) is 4.45. The highest BCUT2D eigenvalue weighted by atomic mass is 16.4. The number of aliphatic carboxylic acids is 1. The maximum Gasteiger partial charge on any atom is 0.315 e. The van der Waals surface area contributed by atoms with E-state index in [4.69, 9.17) is 5.11 Å². The van der Waals surface area contributed by atoms with Crippen molar-refractivity contribution in [3.63, 3.8) is 0 Å². The van der Waals surface area contributed by atoms with Gasteiger partial charge >= 0.3 is 12.0 Å². The average Bonchev–Trinajstić information content (AvgIpc) is 2.38. The van der Waals surface area contributed by atoms with Crippen molar-refractivity contribution < 1.29 is 14.7 Å². The molecule has 2 unspecified atom stereocenters. The number of carbonyl (C=O) groups excluding carboxylic acids is 1. The molecule has 1 aliphatic carbocycles. The minimum Gasteiger partial charge on any atom is -0.481 e. The minimum absolute atomic E-state index is 0.0678. The van der Waals surface area contributed by atoms with Gasteiger partial charge in [0.05, 0.1) is 5.92 Å². The first-order valence-corrected chi connectivity index (χ1v) is 8.14. The summed E-state index contributed by atoms with van der Waals surface area (Å²) in [6.45, 7) is 5.80. The molecular formula is C16H30N2O3. The quantitative estimate of drug-likeness (QED) is 0.675.